The zero-order valence-corrected chi connectivity index (χ0v) is 13.0. The van der Waals surface area contributed by atoms with E-state index < -0.39 is 16.5 Å². The number of anilines is 1. The van der Waals surface area contributed by atoms with Crippen LogP contribution in [-0.2, 0) is 4.79 Å². The number of hydrogen-bond acceptors (Lipinski definition) is 6. The molecule has 1 unspecified atom stereocenters. The molecular formula is C14H19N5O4. The molecule has 9 nitrogen and oxygen atoms in total. The second kappa shape index (κ2) is 6.59. The normalized spacial score (nSPS) is 20.5. The summed E-state index contributed by atoms with van der Waals surface area (Å²) < 4.78 is 0. The van der Waals surface area contributed by atoms with Crippen molar-refractivity contribution in [3.63, 3.8) is 0 Å². The van der Waals surface area contributed by atoms with Crippen molar-refractivity contribution in [3.8, 4) is 0 Å². The molecule has 0 bridgehead atoms. The molecule has 1 aromatic rings. The molecule has 0 aliphatic carbocycles. The summed E-state index contributed by atoms with van der Waals surface area (Å²) in [4.78, 5) is 39.5. The van der Waals surface area contributed by atoms with Crippen molar-refractivity contribution >= 4 is 23.4 Å². The number of amides is 3. The molecule has 1 atom stereocenters. The Hall–Kier alpha value is -2.71. The molecule has 1 fully saturated rings. The van der Waals surface area contributed by atoms with Crippen LogP contribution in [0.1, 0.15) is 26.7 Å². The van der Waals surface area contributed by atoms with E-state index in [0.29, 0.717) is 19.4 Å². The first-order valence-electron chi connectivity index (χ1n) is 7.36. The van der Waals surface area contributed by atoms with Crippen molar-refractivity contribution in [2.45, 2.75) is 32.2 Å². The lowest BCUT2D eigenvalue weighted by Crippen LogP contribution is -2.43. The Kier molecular flexibility index (Phi) is 4.77. The average Bonchev–Trinajstić information content (AvgIpc) is 2.75. The molecule has 3 amide bonds. The van der Waals surface area contributed by atoms with Gasteiger partial charge in [0.15, 0.2) is 0 Å². The number of urea groups is 1. The van der Waals surface area contributed by atoms with Crippen molar-refractivity contribution in [3.05, 3.63) is 28.4 Å². The maximum absolute atomic E-state index is 12.2. The predicted octanol–water partition coefficient (Wildman–Crippen LogP) is 1.51. The van der Waals surface area contributed by atoms with Crippen LogP contribution in [0.2, 0.25) is 0 Å². The smallest absolute Gasteiger partial charge is 0.325 e. The van der Waals surface area contributed by atoms with Crippen LogP contribution in [0.4, 0.5) is 16.3 Å². The topological polar surface area (TPSA) is 117 Å². The van der Waals surface area contributed by atoms with Gasteiger partial charge in [-0.2, -0.15) is 0 Å². The fourth-order valence-electron chi connectivity index (χ4n) is 2.31. The first kappa shape index (κ1) is 16.7. The Labute approximate surface area is 133 Å². The predicted molar refractivity (Wildman–Crippen MR) is 82.9 cm³/mol. The number of hydrogen-bond donors (Lipinski definition) is 2. The largest absolute Gasteiger partial charge is 0.364 e. The van der Waals surface area contributed by atoms with Crippen LogP contribution in [0.5, 0.6) is 0 Å². The van der Waals surface area contributed by atoms with E-state index in [4.69, 9.17) is 0 Å². The Morgan fingerprint density at radius 2 is 2.22 bits per heavy atom. The third-order valence-electron chi connectivity index (χ3n) is 3.89. The van der Waals surface area contributed by atoms with Crippen LogP contribution in [-0.4, -0.2) is 45.4 Å². The Morgan fingerprint density at radius 1 is 1.48 bits per heavy atom. The van der Waals surface area contributed by atoms with E-state index >= 15 is 0 Å². The van der Waals surface area contributed by atoms with Crippen molar-refractivity contribution in [1.82, 2.24) is 15.2 Å². The summed E-state index contributed by atoms with van der Waals surface area (Å²) in [6.07, 6.45) is 2.44. The molecule has 1 aromatic heterocycles. The number of carbonyl (C=O) groups excluding carboxylic acids is 2. The number of pyridine rings is 1. The molecule has 0 aromatic carbocycles. The van der Waals surface area contributed by atoms with Gasteiger partial charge < -0.3 is 10.6 Å². The van der Waals surface area contributed by atoms with Gasteiger partial charge in [-0.25, -0.2) is 9.78 Å². The molecule has 2 heterocycles. The molecule has 0 radical (unpaired) electrons. The lowest BCUT2D eigenvalue weighted by atomic mass is 9.99. The molecule has 2 N–H and O–H groups in total. The second-order valence-corrected chi connectivity index (χ2v) is 5.48. The first-order valence-corrected chi connectivity index (χ1v) is 7.36. The van der Waals surface area contributed by atoms with Crippen LogP contribution in [0.25, 0.3) is 0 Å². The van der Waals surface area contributed by atoms with Gasteiger partial charge >= 0.3 is 11.7 Å². The number of imide groups is 1. The van der Waals surface area contributed by atoms with Gasteiger partial charge in [0.05, 0.1) is 4.92 Å². The molecule has 2 rings (SSSR count). The minimum absolute atomic E-state index is 0.110. The van der Waals surface area contributed by atoms with Crippen molar-refractivity contribution in [2.24, 2.45) is 0 Å². The van der Waals surface area contributed by atoms with E-state index in [1.165, 1.54) is 23.2 Å². The highest BCUT2D eigenvalue weighted by molar-refractivity contribution is 6.06. The van der Waals surface area contributed by atoms with Crippen molar-refractivity contribution < 1.29 is 14.5 Å². The summed E-state index contributed by atoms with van der Waals surface area (Å²) in [6, 6.07) is 2.45. The molecule has 23 heavy (non-hydrogen) atoms. The molecule has 1 aliphatic heterocycles. The number of aromatic nitrogens is 1. The summed E-state index contributed by atoms with van der Waals surface area (Å²) in [6.45, 7) is 4.14. The van der Waals surface area contributed by atoms with Gasteiger partial charge in [-0.3, -0.25) is 19.8 Å². The number of rotatable bonds is 7. The van der Waals surface area contributed by atoms with Gasteiger partial charge in [0.25, 0.3) is 5.91 Å². The molecule has 9 heteroatoms. The van der Waals surface area contributed by atoms with E-state index in [0.717, 1.165) is 0 Å². The van der Waals surface area contributed by atoms with Crippen LogP contribution >= 0.6 is 0 Å². The molecular weight excluding hydrogens is 302 g/mol. The SMILES string of the molecule is CCC1(C)NC(=O)N(CCCNc2ncccc2[N+](=O)[O-])C1=O. The maximum atomic E-state index is 12.2. The fourth-order valence-corrected chi connectivity index (χ4v) is 2.31. The van der Waals surface area contributed by atoms with Crippen LogP contribution < -0.4 is 10.6 Å². The molecule has 0 saturated carbocycles. The summed E-state index contributed by atoms with van der Waals surface area (Å²) >= 11 is 0. The average molecular weight is 321 g/mol. The Bertz CT molecular complexity index is 635. The number of carbonyl (C=O) groups is 2. The van der Waals surface area contributed by atoms with Gasteiger partial charge in [0, 0.05) is 25.4 Å². The standard InChI is InChI=1S/C14H19N5O4/c1-3-14(2)12(20)18(13(21)17-14)9-5-8-16-11-10(19(22)23)6-4-7-15-11/h4,6-7H,3,5,8-9H2,1-2H3,(H,15,16)(H,17,21). The number of nitrogens with one attached hydrogen (secondary N) is 2. The fraction of sp³-hybridized carbons (Fsp3) is 0.500. The van der Waals surface area contributed by atoms with Gasteiger partial charge in [-0.15, -0.1) is 0 Å². The van der Waals surface area contributed by atoms with Crippen LogP contribution in [0, 0.1) is 10.1 Å². The highest BCUT2D eigenvalue weighted by Crippen LogP contribution is 2.22. The van der Waals surface area contributed by atoms with Gasteiger partial charge in [-0.05, 0) is 25.8 Å². The first-order chi connectivity index (χ1) is 10.9. The van der Waals surface area contributed by atoms with E-state index in [1.807, 2.05) is 6.92 Å². The van der Waals surface area contributed by atoms with Crippen molar-refractivity contribution in [2.75, 3.05) is 18.4 Å². The van der Waals surface area contributed by atoms with Crippen molar-refractivity contribution in [1.29, 1.82) is 0 Å². The van der Waals surface area contributed by atoms with Crippen LogP contribution in [0.3, 0.4) is 0 Å². The summed E-state index contributed by atoms with van der Waals surface area (Å²) in [7, 11) is 0. The lowest BCUT2D eigenvalue weighted by molar-refractivity contribution is -0.384. The molecule has 1 aliphatic rings. The molecule has 124 valence electrons. The number of nitrogens with zero attached hydrogens (tertiary/aromatic N) is 3. The molecule has 1 saturated heterocycles. The van der Waals surface area contributed by atoms with E-state index in [1.54, 1.807) is 6.92 Å². The van der Waals surface area contributed by atoms with Gasteiger partial charge in [0.2, 0.25) is 5.82 Å². The summed E-state index contributed by atoms with van der Waals surface area (Å²) in [5.74, 6) is -0.0677. The van der Waals surface area contributed by atoms with E-state index in [-0.39, 0.29) is 24.0 Å². The third kappa shape index (κ3) is 3.38. The summed E-state index contributed by atoms with van der Waals surface area (Å²) in [5.41, 5.74) is -0.953. The highest BCUT2D eigenvalue weighted by Gasteiger charge is 2.45. The minimum atomic E-state index is -0.843. The Balaban J connectivity index is 1.88. The lowest BCUT2D eigenvalue weighted by Gasteiger charge is -2.19. The van der Waals surface area contributed by atoms with Gasteiger partial charge in [0.1, 0.15) is 5.54 Å². The third-order valence-corrected chi connectivity index (χ3v) is 3.89. The van der Waals surface area contributed by atoms with E-state index in [9.17, 15) is 19.7 Å². The second-order valence-electron chi connectivity index (χ2n) is 5.48. The zero-order valence-electron chi connectivity index (χ0n) is 13.0. The Morgan fingerprint density at radius 3 is 2.83 bits per heavy atom. The quantitative estimate of drug-likeness (QED) is 0.340. The monoisotopic (exact) mass is 321 g/mol. The number of nitro groups is 1. The molecule has 0 spiro atoms. The maximum Gasteiger partial charge on any atom is 0.325 e. The zero-order chi connectivity index (χ0) is 17.0. The van der Waals surface area contributed by atoms with Crippen LogP contribution in [0.15, 0.2) is 18.3 Å². The van der Waals surface area contributed by atoms with Gasteiger partial charge in [-0.1, -0.05) is 6.92 Å². The summed E-state index contributed by atoms with van der Waals surface area (Å²) in [5, 5.41) is 16.4. The minimum Gasteiger partial charge on any atom is -0.364 e. The highest BCUT2D eigenvalue weighted by atomic mass is 16.6. The van der Waals surface area contributed by atoms with E-state index in [2.05, 4.69) is 15.6 Å².